The molecule has 0 spiro atoms. The van der Waals surface area contributed by atoms with Crippen LogP contribution in [0, 0.1) is 0 Å². The molecule has 0 saturated carbocycles. The van der Waals surface area contributed by atoms with Crippen LogP contribution in [-0.4, -0.2) is 18.2 Å². The number of hydrogen-bond acceptors (Lipinski definition) is 3. The molecule has 27 heavy (non-hydrogen) atoms. The van der Waals surface area contributed by atoms with Crippen LogP contribution in [0.3, 0.4) is 0 Å². The molecule has 6 heteroatoms. The summed E-state index contributed by atoms with van der Waals surface area (Å²) in [5, 5.41) is 7.65. The van der Waals surface area contributed by atoms with Gasteiger partial charge in [-0.05, 0) is 48.6 Å². The fraction of sp³-hybridized carbons (Fsp3) is 0.0952. The Morgan fingerprint density at radius 3 is 2.15 bits per heavy atom. The highest BCUT2D eigenvalue weighted by Gasteiger charge is 2.22. The maximum atomic E-state index is 6.18. The number of hydrogen-bond donors (Lipinski definition) is 2. The summed E-state index contributed by atoms with van der Waals surface area (Å²) < 4.78 is 0. The topological polar surface area (TPSA) is 27.3 Å². The summed E-state index contributed by atoms with van der Waals surface area (Å²) in [6.07, 6.45) is 0. The molecule has 136 valence electrons. The summed E-state index contributed by atoms with van der Waals surface area (Å²) in [5.41, 5.74) is 3.27. The molecule has 4 rings (SSSR count). The molecule has 1 heterocycles. The zero-order valence-electron chi connectivity index (χ0n) is 14.5. The molecule has 0 amide bonds. The van der Waals surface area contributed by atoms with E-state index in [1.807, 2.05) is 36.0 Å². The lowest BCUT2D eigenvalue weighted by Crippen LogP contribution is -2.36. The van der Waals surface area contributed by atoms with Crippen molar-refractivity contribution in [2.45, 2.75) is 9.79 Å². The third-order valence-corrected chi connectivity index (χ3v) is 5.98. The van der Waals surface area contributed by atoms with Crippen LogP contribution in [-0.2, 0) is 0 Å². The van der Waals surface area contributed by atoms with Gasteiger partial charge in [0.15, 0.2) is 5.11 Å². The number of thiocarbonyl (C=S) groups is 1. The summed E-state index contributed by atoms with van der Waals surface area (Å²) >= 11 is 13.4. The number of fused-ring (bicyclic) bond motifs is 2. The van der Waals surface area contributed by atoms with Crippen molar-refractivity contribution in [2.24, 2.45) is 0 Å². The maximum Gasteiger partial charge on any atom is 0.170 e. The fourth-order valence-corrected chi connectivity index (χ4v) is 4.52. The van der Waals surface area contributed by atoms with E-state index in [9.17, 15) is 0 Å². The lowest BCUT2D eigenvalue weighted by atomic mass is 10.2. The van der Waals surface area contributed by atoms with Crippen molar-refractivity contribution in [3.63, 3.8) is 0 Å². The Kier molecular flexibility index (Phi) is 5.53. The molecule has 0 bridgehead atoms. The SMILES string of the molecule is S=C(NCCN1c2ccccc2Sc2ccccc21)Nc1ccccc1Cl. The molecule has 3 aromatic rings. The van der Waals surface area contributed by atoms with Gasteiger partial charge in [0.1, 0.15) is 0 Å². The van der Waals surface area contributed by atoms with Crippen LogP contribution in [0.2, 0.25) is 5.02 Å². The molecule has 0 aliphatic carbocycles. The smallest absolute Gasteiger partial charge is 0.170 e. The van der Waals surface area contributed by atoms with E-state index in [1.165, 1.54) is 21.2 Å². The highest BCUT2D eigenvalue weighted by molar-refractivity contribution is 7.99. The highest BCUT2D eigenvalue weighted by atomic mass is 35.5. The van der Waals surface area contributed by atoms with E-state index < -0.39 is 0 Å². The Bertz CT molecular complexity index is 931. The first-order valence-electron chi connectivity index (χ1n) is 8.65. The third kappa shape index (κ3) is 4.05. The van der Waals surface area contributed by atoms with Gasteiger partial charge in [0.2, 0.25) is 0 Å². The Morgan fingerprint density at radius 2 is 1.48 bits per heavy atom. The number of nitrogens with zero attached hydrogens (tertiary/aromatic N) is 1. The van der Waals surface area contributed by atoms with Gasteiger partial charge < -0.3 is 15.5 Å². The number of para-hydroxylation sites is 3. The quantitative estimate of drug-likeness (QED) is 0.519. The molecule has 0 unspecified atom stereocenters. The van der Waals surface area contributed by atoms with Crippen molar-refractivity contribution >= 4 is 57.8 Å². The third-order valence-electron chi connectivity index (χ3n) is 4.28. The first-order chi connectivity index (χ1) is 13.2. The lowest BCUT2D eigenvalue weighted by Gasteiger charge is -2.32. The zero-order chi connectivity index (χ0) is 18.6. The van der Waals surface area contributed by atoms with Crippen LogP contribution in [0.15, 0.2) is 82.6 Å². The Hall–Kier alpha value is -2.21. The van der Waals surface area contributed by atoms with Gasteiger partial charge in [-0.3, -0.25) is 0 Å². The first-order valence-corrected chi connectivity index (χ1v) is 10.3. The summed E-state index contributed by atoms with van der Waals surface area (Å²) in [6, 6.07) is 24.6. The second-order valence-corrected chi connectivity index (χ2v) is 7.95. The van der Waals surface area contributed by atoms with Crippen molar-refractivity contribution < 1.29 is 0 Å². The van der Waals surface area contributed by atoms with Gasteiger partial charge in [0.25, 0.3) is 0 Å². The van der Waals surface area contributed by atoms with Crippen LogP contribution in [0.1, 0.15) is 0 Å². The zero-order valence-corrected chi connectivity index (χ0v) is 16.9. The number of halogens is 1. The molecule has 1 aliphatic heterocycles. The van der Waals surface area contributed by atoms with Gasteiger partial charge in [0.05, 0.1) is 22.1 Å². The number of rotatable bonds is 4. The maximum absolute atomic E-state index is 6.18. The molecule has 0 radical (unpaired) electrons. The molecule has 1 aliphatic rings. The molecule has 0 atom stereocenters. The number of benzene rings is 3. The molecular formula is C21H18ClN3S2. The minimum absolute atomic E-state index is 0.566. The van der Waals surface area contributed by atoms with E-state index in [1.54, 1.807) is 0 Å². The van der Waals surface area contributed by atoms with E-state index in [0.29, 0.717) is 16.7 Å². The molecular weight excluding hydrogens is 394 g/mol. The lowest BCUT2D eigenvalue weighted by molar-refractivity contribution is 0.839. The number of nitrogens with one attached hydrogen (secondary N) is 2. The van der Waals surface area contributed by atoms with Crippen molar-refractivity contribution in [1.29, 1.82) is 0 Å². The standard InChI is InChI=1S/C21H18ClN3S2/c22-15-7-1-2-8-16(15)24-21(26)23-13-14-25-17-9-3-5-11-19(17)27-20-12-6-4-10-18(20)25/h1-12H,13-14H2,(H2,23,24,26). The van der Waals surface area contributed by atoms with Crippen molar-refractivity contribution in [3.8, 4) is 0 Å². The van der Waals surface area contributed by atoms with Crippen LogP contribution >= 0.6 is 35.6 Å². The van der Waals surface area contributed by atoms with Gasteiger partial charge in [-0.1, -0.05) is 59.8 Å². The summed E-state index contributed by atoms with van der Waals surface area (Å²) in [5.74, 6) is 0. The van der Waals surface area contributed by atoms with E-state index in [4.69, 9.17) is 23.8 Å². The molecule has 0 fully saturated rings. The average molecular weight is 412 g/mol. The van der Waals surface area contributed by atoms with E-state index in [2.05, 4.69) is 64.1 Å². The van der Waals surface area contributed by atoms with E-state index in [-0.39, 0.29) is 0 Å². The minimum atomic E-state index is 0.566. The molecule has 0 saturated heterocycles. The Labute approximate surface area is 173 Å². The van der Waals surface area contributed by atoms with Crippen molar-refractivity contribution in [2.75, 3.05) is 23.3 Å². The van der Waals surface area contributed by atoms with Crippen molar-refractivity contribution in [1.82, 2.24) is 5.32 Å². The minimum Gasteiger partial charge on any atom is -0.361 e. The predicted molar refractivity (Wildman–Crippen MR) is 120 cm³/mol. The Balaban J connectivity index is 1.44. The molecule has 0 aromatic heterocycles. The van der Waals surface area contributed by atoms with E-state index >= 15 is 0 Å². The largest absolute Gasteiger partial charge is 0.361 e. The van der Waals surface area contributed by atoms with Crippen LogP contribution < -0.4 is 15.5 Å². The normalized spacial score (nSPS) is 12.1. The summed E-state index contributed by atoms with van der Waals surface area (Å²) in [6.45, 7) is 1.52. The highest BCUT2D eigenvalue weighted by Crippen LogP contribution is 2.47. The number of anilines is 3. The molecule has 3 aromatic carbocycles. The molecule has 2 N–H and O–H groups in total. The van der Waals surface area contributed by atoms with Crippen molar-refractivity contribution in [3.05, 3.63) is 77.8 Å². The fourth-order valence-electron chi connectivity index (χ4n) is 3.03. The summed E-state index contributed by atoms with van der Waals surface area (Å²) in [7, 11) is 0. The molecule has 3 nitrogen and oxygen atoms in total. The predicted octanol–water partition coefficient (Wildman–Crippen LogP) is 5.93. The van der Waals surface area contributed by atoms with Crippen LogP contribution in [0.5, 0.6) is 0 Å². The first kappa shape index (κ1) is 18.2. The summed E-state index contributed by atoms with van der Waals surface area (Å²) in [4.78, 5) is 4.88. The van der Waals surface area contributed by atoms with Crippen LogP contribution in [0.25, 0.3) is 0 Å². The van der Waals surface area contributed by atoms with Gasteiger partial charge in [-0.25, -0.2) is 0 Å². The van der Waals surface area contributed by atoms with Gasteiger partial charge in [-0.15, -0.1) is 0 Å². The van der Waals surface area contributed by atoms with Crippen LogP contribution in [0.4, 0.5) is 17.1 Å². The van der Waals surface area contributed by atoms with Gasteiger partial charge >= 0.3 is 0 Å². The van der Waals surface area contributed by atoms with Gasteiger partial charge in [0, 0.05) is 22.9 Å². The van der Waals surface area contributed by atoms with Gasteiger partial charge in [-0.2, -0.15) is 0 Å². The van der Waals surface area contributed by atoms with E-state index in [0.717, 1.165) is 12.2 Å². The second kappa shape index (κ2) is 8.21. The second-order valence-electron chi connectivity index (χ2n) is 6.05. The average Bonchev–Trinajstić information content (AvgIpc) is 2.69. The Morgan fingerprint density at radius 1 is 0.889 bits per heavy atom. The monoisotopic (exact) mass is 411 g/mol.